The number of anilines is 1. The summed E-state index contributed by atoms with van der Waals surface area (Å²) in [4.78, 5) is 34.3. The highest BCUT2D eigenvalue weighted by atomic mass is 32.1. The minimum atomic E-state index is -2.82. The van der Waals surface area contributed by atoms with Crippen LogP contribution in [0.15, 0.2) is 30.0 Å². The second-order valence-electron chi connectivity index (χ2n) is 7.14. The van der Waals surface area contributed by atoms with Crippen LogP contribution in [0.4, 0.5) is 13.9 Å². The summed E-state index contributed by atoms with van der Waals surface area (Å²) in [6, 6.07) is 2.68. The fourth-order valence-electron chi connectivity index (χ4n) is 3.37. The molecule has 0 unspecified atom stereocenters. The maximum Gasteiger partial charge on any atom is 0.280 e. The Kier molecular flexibility index (Phi) is 7.03. The Morgan fingerprint density at radius 1 is 1.29 bits per heavy atom. The molecular formula is C22H18F2N6O3S. The lowest BCUT2D eigenvalue weighted by atomic mass is 9.99. The van der Waals surface area contributed by atoms with Crippen LogP contribution in [0.25, 0.3) is 11.1 Å². The molecule has 0 aromatic carbocycles. The van der Waals surface area contributed by atoms with E-state index in [0.29, 0.717) is 18.7 Å². The molecule has 0 saturated carbocycles. The fourth-order valence-corrected chi connectivity index (χ4v) is 3.81. The van der Waals surface area contributed by atoms with Gasteiger partial charge in [-0.25, -0.2) is 13.8 Å². The first-order valence-corrected chi connectivity index (χ1v) is 11.0. The maximum absolute atomic E-state index is 13.4. The molecule has 12 heteroatoms. The molecule has 4 rings (SSSR count). The number of alkyl halides is 2. The van der Waals surface area contributed by atoms with E-state index in [4.69, 9.17) is 4.74 Å². The first-order valence-electron chi connectivity index (χ1n) is 10.1. The molecular weight excluding hydrogens is 466 g/mol. The Balaban J connectivity index is 1.75. The molecule has 0 radical (unpaired) electrons. The van der Waals surface area contributed by atoms with Crippen molar-refractivity contribution in [2.75, 3.05) is 25.5 Å². The van der Waals surface area contributed by atoms with E-state index in [9.17, 15) is 18.4 Å². The Morgan fingerprint density at radius 3 is 2.82 bits per heavy atom. The second-order valence-corrected chi connectivity index (χ2v) is 7.98. The number of carbonyl (C=O) groups excluding carboxylic acids is 2. The van der Waals surface area contributed by atoms with E-state index in [1.54, 1.807) is 4.90 Å². The average Bonchev–Trinajstić information content (AvgIpc) is 3.50. The highest BCUT2D eigenvalue weighted by Gasteiger charge is 2.21. The molecule has 2 amide bonds. The number of carbonyl (C=O) groups is 2. The third kappa shape index (κ3) is 5.15. The zero-order valence-electron chi connectivity index (χ0n) is 17.9. The molecule has 4 heterocycles. The summed E-state index contributed by atoms with van der Waals surface area (Å²) >= 11 is 1.13. The Labute approximate surface area is 197 Å². The van der Waals surface area contributed by atoms with Gasteiger partial charge in [0, 0.05) is 30.3 Å². The average molecular weight is 484 g/mol. The van der Waals surface area contributed by atoms with Crippen LogP contribution in [0, 0.1) is 11.8 Å². The van der Waals surface area contributed by atoms with Crippen molar-refractivity contribution in [1.82, 2.24) is 25.1 Å². The van der Waals surface area contributed by atoms with Gasteiger partial charge in [-0.15, -0.1) is 10.2 Å². The zero-order chi connectivity index (χ0) is 24.1. The van der Waals surface area contributed by atoms with Crippen LogP contribution in [0.1, 0.15) is 41.0 Å². The number of nitrogens with one attached hydrogen (secondary N) is 1. The number of aromatic nitrogens is 4. The number of hydrogen-bond acceptors (Lipinski definition) is 8. The normalized spacial score (nSPS) is 13.1. The van der Waals surface area contributed by atoms with Crippen molar-refractivity contribution in [1.29, 1.82) is 0 Å². The third-order valence-corrected chi connectivity index (χ3v) is 5.62. The molecule has 1 saturated heterocycles. The number of hydrogen-bond donors (Lipinski definition) is 1. The lowest BCUT2D eigenvalue weighted by Gasteiger charge is -2.14. The van der Waals surface area contributed by atoms with E-state index < -0.39 is 18.0 Å². The van der Waals surface area contributed by atoms with E-state index >= 15 is 0 Å². The van der Waals surface area contributed by atoms with Crippen molar-refractivity contribution in [2.45, 2.75) is 19.3 Å². The topological polar surface area (TPSA) is 110 Å². The van der Waals surface area contributed by atoms with Crippen molar-refractivity contribution in [3.63, 3.8) is 0 Å². The van der Waals surface area contributed by atoms with Gasteiger partial charge in [0.2, 0.25) is 11.0 Å². The summed E-state index contributed by atoms with van der Waals surface area (Å²) in [6.45, 7) is 0.908. The SMILES string of the molecule is COc1cnc(C(F)F)cc1-c1cc(C#CCN2CCCC2=O)ncc1C(=O)Nc1nncs1. The van der Waals surface area contributed by atoms with Crippen LogP contribution in [0.5, 0.6) is 5.75 Å². The van der Waals surface area contributed by atoms with Gasteiger partial charge >= 0.3 is 0 Å². The van der Waals surface area contributed by atoms with Crippen molar-refractivity contribution in [3.8, 4) is 28.7 Å². The van der Waals surface area contributed by atoms with Crippen molar-refractivity contribution in [3.05, 3.63) is 47.0 Å². The van der Waals surface area contributed by atoms with Crippen LogP contribution in [0.2, 0.25) is 0 Å². The number of rotatable bonds is 6. The van der Waals surface area contributed by atoms with Gasteiger partial charge in [-0.1, -0.05) is 17.3 Å². The molecule has 3 aromatic rings. The van der Waals surface area contributed by atoms with Gasteiger partial charge in [0.05, 0.1) is 25.4 Å². The summed E-state index contributed by atoms with van der Waals surface area (Å²) < 4.78 is 32.1. The number of methoxy groups -OCH3 is 1. The van der Waals surface area contributed by atoms with Crippen molar-refractivity contribution < 1.29 is 23.1 Å². The minimum Gasteiger partial charge on any atom is -0.494 e. The molecule has 0 atom stereocenters. The third-order valence-electron chi connectivity index (χ3n) is 5.01. The summed E-state index contributed by atoms with van der Waals surface area (Å²) in [6.07, 6.45) is 0.974. The van der Waals surface area contributed by atoms with Gasteiger partial charge in [-0.3, -0.25) is 19.9 Å². The van der Waals surface area contributed by atoms with Crippen LogP contribution in [-0.2, 0) is 4.79 Å². The summed E-state index contributed by atoms with van der Waals surface area (Å²) in [5.74, 6) is 5.47. The lowest BCUT2D eigenvalue weighted by molar-refractivity contribution is -0.127. The van der Waals surface area contributed by atoms with Gasteiger partial charge < -0.3 is 9.64 Å². The summed E-state index contributed by atoms with van der Waals surface area (Å²) in [7, 11) is 1.37. The van der Waals surface area contributed by atoms with Gasteiger partial charge in [0.25, 0.3) is 12.3 Å². The van der Waals surface area contributed by atoms with Crippen LogP contribution < -0.4 is 10.1 Å². The number of halogens is 2. The van der Waals surface area contributed by atoms with E-state index in [1.165, 1.54) is 37.1 Å². The van der Waals surface area contributed by atoms with Gasteiger partial charge in [-0.2, -0.15) is 0 Å². The molecule has 34 heavy (non-hydrogen) atoms. The quantitative estimate of drug-likeness (QED) is 0.535. The molecule has 0 aliphatic carbocycles. The van der Waals surface area contributed by atoms with Crippen molar-refractivity contribution >= 4 is 28.3 Å². The molecule has 1 fully saturated rings. The van der Waals surface area contributed by atoms with Crippen LogP contribution in [-0.4, -0.2) is 57.1 Å². The lowest BCUT2D eigenvalue weighted by Crippen LogP contribution is -2.24. The van der Waals surface area contributed by atoms with Crippen LogP contribution in [0.3, 0.4) is 0 Å². The Bertz CT molecular complexity index is 1270. The molecule has 1 aliphatic rings. The Hall–Kier alpha value is -3.98. The molecule has 1 aliphatic heterocycles. The van der Waals surface area contributed by atoms with Gasteiger partial charge in [0.15, 0.2) is 0 Å². The molecule has 0 spiro atoms. The van der Waals surface area contributed by atoms with E-state index in [-0.39, 0.29) is 40.0 Å². The summed E-state index contributed by atoms with van der Waals surface area (Å²) in [5.41, 5.74) is 1.89. The second kappa shape index (κ2) is 10.3. The molecule has 9 nitrogen and oxygen atoms in total. The Morgan fingerprint density at radius 2 is 2.15 bits per heavy atom. The monoisotopic (exact) mass is 484 g/mol. The number of pyridine rings is 2. The highest BCUT2D eigenvalue weighted by molar-refractivity contribution is 7.13. The predicted molar refractivity (Wildman–Crippen MR) is 120 cm³/mol. The summed E-state index contributed by atoms with van der Waals surface area (Å²) in [5, 5.41) is 10.3. The minimum absolute atomic E-state index is 0.0488. The van der Waals surface area contributed by atoms with Gasteiger partial charge in [-0.05, 0) is 24.5 Å². The molecule has 174 valence electrons. The molecule has 1 N–H and O–H groups in total. The fraction of sp³-hybridized carbons (Fsp3) is 0.273. The first kappa shape index (κ1) is 23.2. The number of amides is 2. The van der Waals surface area contributed by atoms with E-state index in [1.807, 2.05) is 0 Å². The van der Waals surface area contributed by atoms with Crippen LogP contribution >= 0.6 is 11.3 Å². The number of likely N-dealkylation sites (tertiary alicyclic amines) is 1. The largest absolute Gasteiger partial charge is 0.494 e. The molecule has 0 bridgehead atoms. The van der Waals surface area contributed by atoms with E-state index in [0.717, 1.165) is 17.8 Å². The van der Waals surface area contributed by atoms with Gasteiger partial charge in [0.1, 0.15) is 22.6 Å². The predicted octanol–water partition coefficient (Wildman–Crippen LogP) is 3.17. The maximum atomic E-state index is 13.4. The molecule has 3 aromatic heterocycles. The highest BCUT2D eigenvalue weighted by Crippen LogP contribution is 2.35. The number of nitrogens with zero attached hydrogens (tertiary/aromatic N) is 5. The smallest absolute Gasteiger partial charge is 0.280 e. The van der Waals surface area contributed by atoms with Crippen molar-refractivity contribution in [2.24, 2.45) is 0 Å². The standard InChI is InChI=1S/C22H18F2N6O3S/c1-33-18-11-26-17(20(23)24)9-15(18)14-8-13(4-2-6-30-7-3-5-19(30)31)25-10-16(14)21(32)28-22-29-27-12-34-22/h8-12,20H,3,5-7H2,1H3,(H,28,29,32). The first-order chi connectivity index (χ1) is 16.5. The van der Waals surface area contributed by atoms with E-state index in [2.05, 4.69) is 37.3 Å². The number of ether oxygens (including phenoxy) is 1. The zero-order valence-corrected chi connectivity index (χ0v) is 18.7.